The predicted octanol–water partition coefficient (Wildman–Crippen LogP) is 1.41. The number of carbonyl (C=O) groups is 1. The molecule has 106 valence electrons. The number of methoxy groups -OCH3 is 1. The van der Waals surface area contributed by atoms with Gasteiger partial charge in [-0.15, -0.1) is 0 Å². The fourth-order valence-electron chi connectivity index (χ4n) is 1.84. The summed E-state index contributed by atoms with van der Waals surface area (Å²) in [7, 11) is 3.37. The van der Waals surface area contributed by atoms with Crippen molar-refractivity contribution >= 4 is 11.7 Å². The zero-order valence-electron chi connectivity index (χ0n) is 11.5. The number of esters is 1. The number of benzene rings is 1. The Hall–Kier alpha value is -2.50. The van der Waals surface area contributed by atoms with Gasteiger partial charge in [-0.1, -0.05) is 0 Å². The molecule has 0 saturated carbocycles. The average molecular weight is 275 g/mol. The summed E-state index contributed by atoms with van der Waals surface area (Å²) in [4.78, 5) is 11.9. The molecule has 1 aromatic carbocycles. The van der Waals surface area contributed by atoms with Crippen molar-refractivity contribution in [3.8, 4) is 5.75 Å². The van der Waals surface area contributed by atoms with Gasteiger partial charge in [0.15, 0.2) is 0 Å². The lowest BCUT2D eigenvalue weighted by Crippen LogP contribution is -2.10. The molecule has 0 unspecified atom stereocenters. The van der Waals surface area contributed by atoms with E-state index >= 15 is 0 Å². The van der Waals surface area contributed by atoms with E-state index in [1.807, 2.05) is 13.1 Å². The van der Waals surface area contributed by atoms with E-state index in [4.69, 9.17) is 15.2 Å². The number of anilines is 1. The van der Waals surface area contributed by atoms with Gasteiger partial charge in [0.05, 0.1) is 25.0 Å². The van der Waals surface area contributed by atoms with E-state index in [1.165, 1.54) is 7.11 Å². The lowest BCUT2D eigenvalue weighted by atomic mass is 10.2. The molecule has 2 aromatic rings. The van der Waals surface area contributed by atoms with Crippen LogP contribution >= 0.6 is 0 Å². The van der Waals surface area contributed by atoms with Gasteiger partial charge in [0.25, 0.3) is 0 Å². The third-order valence-electron chi connectivity index (χ3n) is 2.98. The van der Waals surface area contributed by atoms with E-state index in [0.29, 0.717) is 30.0 Å². The average Bonchev–Trinajstić information content (AvgIpc) is 2.84. The van der Waals surface area contributed by atoms with Crippen LogP contribution in [0, 0.1) is 0 Å². The van der Waals surface area contributed by atoms with Gasteiger partial charge in [0, 0.05) is 25.4 Å². The zero-order valence-corrected chi connectivity index (χ0v) is 11.5. The number of aromatic nitrogens is 2. The summed E-state index contributed by atoms with van der Waals surface area (Å²) in [5.74, 6) is 0.137. The third-order valence-corrected chi connectivity index (χ3v) is 2.98. The minimum absolute atomic E-state index is 0.296. The molecule has 0 aliphatic carbocycles. The van der Waals surface area contributed by atoms with Crippen LogP contribution in [-0.2, 0) is 18.2 Å². The molecule has 0 aliphatic rings. The topological polar surface area (TPSA) is 79.4 Å². The van der Waals surface area contributed by atoms with Crippen LogP contribution in [0.2, 0.25) is 0 Å². The number of nitrogens with zero attached hydrogens (tertiary/aromatic N) is 2. The molecule has 20 heavy (non-hydrogen) atoms. The van der Waals surface area contributed by atoms with Crippen molar-refractivity contribution in [2.24, 2.45) is 7.05 Å². The van der Waals surface area contributed by atoms with Gasteiger partial charge in [-0.25, -0.2) is 4.79 Å². The Kier molecular flexibility index (Phi) is 4.24. The highest BCUT2D eigenvalue weighted by molar-refractivity contribution is 5.91. The summed E-state index contributed by atoms with van der Waals surface area (Å²) in [6.45, 7) is 0.296. The molecule has 0 aliphatic heterocycles. The van der Waals surface area contributed by atoms with Crippen molar-refractivity contribution in [3.63, 3.8) is 0 Å². The molecule has 2 N–H and O–H groups in total. The summed E-state index contributed by atoms with van der Waals surface area (Å²) in [6, 6.07) is 6.71. The van der Waals surface area contributed by atoms with Gasteiger partial charge in [-0.05, 0) is 24.3 Å². The van der Waals surface area contributed by atoms with Crippen LogP contribution in [0.5, 0.6) is 5.75 Å². The zero-order chi connectivity index (χ0) is 14.5. The fourth-order valence-corrected chi connectivity index (χ4v) is 1.84. The third kappa shape index (κ3) is 3.09. The molecule has 0 amide bonds. The van der Waals surface area contributed by atoms with Crippen LogP contribution in [-0.4, -0.2) is 29.5 Å². The van der Waals surface area contributed by atoms with E-state index in [0.717, 1.165) is 5.69 Å². The van der Waals surface area contributed by atoms with Crippen molar-refractivity contribution < 1.29 is 14.3 Å². The molecular formula is C14H17N3O3. The Labute approximate surface area is 117 Å². The number of nitrogens with two attached hydrogens (primary N) is 1. The van der Waals surface area contributed by atoms with Crippen molar-refractivity contribution in [1.82, 2.24) is 9.78 Å². The van der Waals surface area contributed by atoms with Crippen LogP contribution in [0.15, 0.2) is 30.5 Å². The lowest BCUT2D eigenvalue weighted by molar-refractivity contribution is 0.0507. The summed E-state index contributed by atoms with van der Waals surface area (Å²) in [5.41, 5.74) is 7.58. The van der Waals surface area contributed by atoms with Gasteiger partial charge in [-0.3, -0.25) is 4.68 Å². The van der Waals surface area contributed by atoms with Gasteiger partial charge >= 0.3 is 5.97 Å². The first-order valence-corrected chi connectivity index (χ1v) is 6.19. The maximum atomic E-state index is 11.9. The highest BCUT2D eigenvalue weighted by Gasteiger charge is 2.10. The van der Waals surface area contributed by atoms with Crippen molar-refractivity contribution in [3.05, 3.63) is 41.7 Å². The molecular weight excluding hydrogens is 258 g/mol. The highest BCUT2D eigenvalue weighted by atomic mass is 16.5. The smallest absolute Gasteiger partial charge is 0.338 e. The monoisotopic (exact) mass is 275 g/mol. The normalized spacial score (nSPS) is 10.3. The summed E-state index contributed by atoms with van der Waals surface area (Å²) in [5, 5.41) is 4.05. The summed E-state index contributed by atoms with van der Waals surface area (Å²) in [6.07, 6.45) is 2.33. The Balaban J connectivity index is 1.92. The number of hydrogen-bond acceptors (Lipinski definition) is 5. The number of rotatable bonds is 5. The second-order valence-electron chi connectivity index (χ2n) is 4.29. The first kappa shape index (κ1) is 13.9. The molecule has 1 aromatic heterocycles. The summed E-state index contributed by atoms with van der Waals surface area (Å²) < 4.78 is 12.0. The molecule has 6 nitrogen and oxygen atoms in total. The second-order valence-corrected chi connectivity index (χ2v) is 4.29. The Morgan fingerprint density at radius 1 is 1.40 bits per heavy atom. The van der Waals surface area contributed by atoms with E-state index in [2.05, 4.69) is 5.10 Å². The number of aryl methyl sites for hydroxylation is 1. The number of ether oxygens (including phenoxy) is 2. The van der Waals surface area contributed by atoms with E-state index in [-0.39, 0.29) is 0 Å². The predicted molar refractivity (Wildman–Crippen MR) is 74.6 cm³/mol. The Bertz CT molecular complexity index is 607. The van der Waals surface area contributed by atoms with Gasteiger partial charge in [0.1, 0.15) is 5.75 Å². The van der Waals surface area contributed by atoms with Crippen LogP contribution in [0.1, 0.15) is 16.1 Å². The minimum Gasteiger partial charge on any atom is -0.495 e. The molecule has 6 heteroatoms. The molecule has 0 fully saturated rings. The number of carbonyl (C=O) groups excluding carboxylic acids is 1. The van der Waals surface area contributed by atoms with E-state index < -0.39 is 5.97 Å². The van der Waals surface area contributed by atoms with Crippen LogP contribution in [0.3, 0.4) is 0 Å². The molecule has 0 saturated heterocycles. The van der Waals surface area contributed by atoms with Crippen LogP contribution in [0.4, 0.5) is 5.69 Å². The van der Waals surface area contributed by atoms with Crippen LogP contribution < -0.4 is 10.5 Å². The number of nitrogen functional groups attached to an aromatic ring is 1. The van der Waals surface area contributed by atoms with Crippen molar-refractivity contribution in [2.75, 3.05) is 19.5 Å². The molecule has 0 atom stereocenters. The second kappa shape index (κ2) is 6.10. The first-order chi connectivity index (χ1) is 9.61. The molecule has 0 bridgehead atoms. The van der Waals surface area contributed by atoms with Crippen molar-refractivity contribution in [2.45, 2.75) is 6.42 Å². The quantitative estimate of drug-likeness (QED) is 0.659. The Morgan fingerprint density at radius 3 is 2.80 bits per heavy atom. The number of hydrogen-bond donors (Lipinski definition) is 1. The summed E-state index contributed by atoms with van der Waals surface area (Å²) >= 11 is 0. The standard InChI is InChI=1S/C14H17N3O3/c1-17-11(5-7-16-17)6-8-20-14(18)10-3-4-13(19-2)12(15)9-10/h3-5,7,9H,6,8,15H2,1-2H3. The first-order valence-electron chi connectivity index (χ1n) is 6.19. The lowest BCUT2D eigenvalue weighted by Gasteiger charge is -2.08. The minimum atomic E-state index is -0.401. The fraction of sp³-hybridized carbons (Fsp3) is 0.286. The van der Waals surface area contributed by atoms with Crippen LogP contribution in [0.25, 0.3) is 0 Å². The maximum Gasteiger partial charge on any atom is 0.338 e. The SMILES string of the molecule is COc1ccc(C(=O)OCCc2ccnn2C)cc1N. The van der Waals surface area contributed by atoms with E-state index in [9.17, 15) is 4.79 Å². The largest absolute Gasteiger partial charge is 0.495 e. The van der Waals surface area contributed by atoms with E-state index in [1.54, 1.807) is 29.1 Å². The molecule has 1 heterocycles. The molecule has 0 spiro atoms. The van der Waals surface area contributed by atoms with Gasteiger partial charge in [-0.2, -0.15) is 5.10 Å². The maximum absolute atomic E-state index is 11.9. The molecule has 0 radical (unpaired) electrons. The Morgan fingerprint density at radius 2 is 2.20 bits per heavy atom. The van der Waals surface area contributed by atoms with Gasteiger partial charge < -0.3 is 15.2 Å². The van der Waals surface area contributed by atoms with Gasteiger partial charge in [0.2, 0.25) is 0 Å². The highest BCUT2D eigenvalue weighted by Crippen LogP contribution is 2.22. The molecule has 2 rings (SSSR count). The van der Waals surface area contributed by atoms with Crippen molar-refractivity contribution in [1.29, 1.82) is 0 Å².